The van der Waals surface area contributed by atoms with Crippen LogP contribution in [0.15, 0.2) is 72.5 Å². The van der Waals surface area contributed by atoms with E-state index in [9.17, 15) is 4.79 Å². The van der Waals surface area contributed by atoms with Crippen LogP contribution in [0.25, 0.3) is 11.1 Å². The number of carbonyl (C=O) groups excluding carboxylic acids is 1. The van der Waals surface area contributed by atoms with Crippen molar-refractivity contribution < 1.29 is 23.7 Å². The van der Waals surface area contributed by atoms with Crippen LogP contribution < -0.4 is 24.3 Å². The van der Waals surface area contributed by atoms with Crippen molar-refractivity contribution in [1.29, 1.82) is 0 Å². The van der Waals surface area contributed by atoms with Gasteiger partial charge in [0.1, 0.15) is 17.8 Å². The molecule has 1 saturated carbocycles. The van der Waals surface area contributed by atoms with Crippen molar-refractivity contribution in [2.24, 2.45) is 0 Å². The standard InChI is InChI=1S/C23H36N2O2.C18H18O3.2C2H6/c1-6-8-9-13-25(12-7-2)17-19-10-11-24-21(14-19)20-15-22(26-4)18(3)23(16-20)27-5;1-20-17-10-15(13-5-3-12(11-19)4-6-13)9-16(14-7-8-14)18(17)21-2;2*1-2/h10-11,14-16,21,24H,6-9,12-13,17H2,1-5H3;3-6,9-11,14H,7-8H2,1-2H3;2*1-2H3. The lowest BCUT2D eigenvalue weighted by atomic mass is 9.98. The number of hydrogen-bond donors (Lipinski definition) is 1. The van der Waals surface area contributed by atoms with Gasteiger partial charge in [-0.1, -0.05) is 84.7 Å². The number of dihydropyridines is 1. The van der Waals surface area contributed by atoms with Crippen LogP contribution in [0.1, 0.15) is 119 Å². The number of aldehydes is 1. The number of ether oxygens (including phenoxy) is 4. The fraction of sp³-hybridized carbons (Fsp3) is 0.489. The zero-order valence-corrected chi connectivity index (χ0v) is 33.9. The molecule has 1 atom stereocenters. The van der Waals surface area contributed by atoms with Gasteiger partial charge in [0.2, 0.25) is 0 Å². The number of benzene rings is 3. The first-order valence-corrected chi connectivity index (χ1v) is 19.3. The highest BCUT2D eigenvalue weighted by molar-refractivity contribution is 5.77. The molecule has 0 spiro atoms. The van der Waals surface area contributed by atoms with Gasteiger partial charge in [0.25, 0.3) is 0 Å². The van der Waals surface area contributed by atoms with Crippen LogP contribution in [-0.4, -0.2) is 59.3 Å². The molecule has 1 heterocycles. The van der Waals surface area contributed by atoms with Crippen LogP contribution in [-0.2, 0) is 0 Å². The highest BCUT2D eigenvalue weighted by atomic mass is 16.5. The molecule has 1 fully saturated rings. The maximum absolute atomic E-state index is 10.8. The van der Waals surface area contributed by atoms with E-state index in [1.807, 2.05) is 65.0 Å². The third kappa shape index (κ3) is 12.8. The Kier molecular flexibility index (Phi) is 20.4. The van der Waals surface area contributed by atoms with Gasteiger partial charge >= 0.3 is 0 Å². The molecule has 1 aliphatic heterocycles. The largest absolute Gasteiger partial charge is 0.496 e. The van der Waals surface area contributed by atoms with E-state index in [0.29, 0.717) is 11.5 Å². The first-order chi connectivity index (χ1) is 25.4. The van der Waals surface area contributed by atoms with Crippen LogP contribution in [0.3, 0.4) is 0 Å². The zero-order chi connectivity index (χ0) is 38.5. The van der Waals surface area contributed by atoms with Gasteiger partial charge in [-0.25, -0.2) is 0 Å². The van der Waals surface area contributed by atoms with E-state index < -0.39 is 0 Å². The Morgan fingerprint density at radius 2 is 1.40 bits per heavy atom. The van der Waals surface area contributed by atoms with Gasteiger partial charge in [-0.2, -0.15) is 0 Å². The minimum Gasteiger partial charge on any atom is -0.496 e. The smallest absolute Gasteiger partial charge is 0.164 e. The summed E-state index contributed by atoms with van der Waals surface area (Å²) in [5.74, 6) is 3.90. The van der Waals surface area contributed by atoms with Crippen molar-refractivity contribution in [3.05, 3.63) is 94.7 Å². The third-order valence-corrected chi connectivity index (χ3v) is 9.02. The average molecular weight is 715 g/mol. The van der Waals surface area contributed by atoms with E-state index in [4.69, 9.17) is 18.9 Å². The lowest BCUT2D eigenvalue weighted by Gasteiger charge is -2.26. The second kappa shape index (κ2) is 24.1. The fourth-order valence-electron chi connectivity index (χ4n) is 6.20. The molecule has 0 bridgehead atoms. The maximum atomic E-state index is 10.8. The molecule has 3 aromatic rings. The SMILES string of the molecule is CC.CC.CCCCCN(CCC)CC1=CC(c2cc(OC)c(C)c(OC)c2)NC=C1.COc1cc(-c2ccc(C=O)cc2)cc(C2CC2)c1OC. The zero-order valence-electron chi connectivity index (χ0n) is 33.9. The third-order valence-electron chi connectivity index (χ3n) is 9.02. The summed E-state index contributed by atoms with van der Waals surface area (Å²) in [6, 6.07) is 16.1. The quantitative estimate of drug-likeness (QED) is 0.117. The lowest BCUT2D eigenvalue weighted by Crippen LogP contribution is -2.29. The summed E-state index contributed by atoms with van der Waals surface area (Å²) in [6.07, 6.45) is 14.9. The van der Waals surface area contributed by atoms with Crippen LogP contribution in [0.2, 0.25) is 0 Å². The van der Waals surface area contributed by atoms with Gasteiger partial charge in [-0.05, 0) is 110 Å². The number of hydrogen-bond acceptors (Lipinski definition) is 7. The van der Waals surface area contributed by atoms with Gasteiger partial charge in [0.05, 0.1) is 34.5 Å². The van der Waals surface area contributed by atoms with E-state index in [1.54, 1.807) is 28.4 Å². The molecule has 0 aromatic heterocycles. The molecular weight excluding hydrogens is 649 g/mol. The van der Waals surface area contributed by atoms with E-state index in [-0.39, 0.29) is 6.04 Å². The molecule has 52 heavy (non-hydrogen) atoms. The number of methoxy groups -OCH3 is 4. The highest BCUT2D eigenvalue weighted by Gasteiger charge is 2.29. The van der Waals surface area contributed by atoms with Gasteiger partial charge < -0.3 is 24.3 Å². The van der Waals surface area contributed by atoms with Crippen LogP contribution in [0, 0.1) is 6.92 Å². The Bertz CT molecular complexity index is 1520. The molecule has 1 aliphatic carbocycles. The Labute approximate surface area is 315 Å². The van der Waals surface area contributed by atoms with Gasteiger partial charge in [0, 0.05) is 23.2 Å². The molecule has 5 rings (SSSR count). The Morgan fingerprint density at radius 1 is 0.769 bits per heavy atom. The van der Waals surface area contributed by atoms with Crippen LogP contribution in [0.4, 0.5) is 0 Å². The first-order valence-electron chi connectivity index (χ1n) is 19.3. The van der Waals surface area contributed by atoms with E-state index >= 15 is 0 Å². The molecule has 3 aromatic carbocycles. The molecule has 0 amide bonds. The van der Waals surface area contributed by atoms with Crippen molar-refractivity contribution >= 4 is 6.29 Å². The minimum atomic E-state index is 0.132. The molecule has 1 unspecified atom stereocenters. The summed E-state index contributed by atoms with van der Waals surface area (Å²) in [6.45, 7) is 17.9. The molecule has 0 radical (unpaired) electrons. The molecule has 7 nitrogen and oxygen atoms in total. The van der Waals surface area contributed by atoms with Gasteiger partial charge in [-0.3, -0.25) is 9.69 Å². The topological polar surface area (TPSA) is 69.3 Å². The molecular formula is C45H66N2O5. The second-order valence-corrected chi connectivity index (χ2v) is 12.6. The monoisotopic (exact) mass is 714 g/mol. The Hall–Kier alpha value is -4.23. The Morgan fingerprint density at radius 3 is 1.92 bits per heavy atom. The van der Waals surface area contributed by atoms with Crippen molar-refractivity contribution in [1.82, 2.24) is 10.2 Å². The lowest BCUT2D eigenvalue weighted by molar-refractivity contribution is 0.112. The van der Waals surface area contributed by atoms with Crippen molar-refractivity contribution in [2.45, 2.75) is 99.0 Å². The van der Waals surface area contributed by atoms with Crippen molar-refractivity contribution in [3.63, 3.8) is 0 Å². The fourth-order valence-corrected chi connectivity index (χ4v) is 6.20. The average Bonchev–Trinajstić information content (AvgIpc) is 4.05. The van der Waals surface area contributed by atoms with E-state index in [0.717, 1.165) is 64.6 Å². The normalized spacial score (nSPS) is 14.2. The number of rotatable bonds is 16. The molecule has 1 N–H and O–H groups in total. The van der Waals surface area contributed by atoms with Gasteiger partial charge in [-0.15, -0.1) is 0 Å². The second-order valence-electron chi connectivity index (χ2n) is 12.6. The summed E-state index contributed by atoms with van der Waals surface area (Å²) in [7, 11) is 6.76. The summed E-state index contributed by atoms with van der Waals surface area (Å²) < 4.78 is 22.1. The highest BCUT2D eigenvalue weighted by Crippen LogP contribution is 2.49. The molecule has 286 valence electrons. The number of nitrogens with zero attached hydrogens (tertiary/aromatic N) is 1. The van der Waals surface area contributed by atoms with E-state index in [1.165, 1.54) is 56.2 Å². The summed E-state index contributed by atoms with van der Waals surface area (Å²) >= 11 is 0. The number of carbonyl (C=O) groups is 1. The maximum Gasteiger partial charge on any atom is 0.164 e. The first kappa shape index (κ1) is 43.9. The predicted octanol–water partition coefficient (Wildman–Crippen LogP) is 11.1. The number of nitrogens with one attached hydrogen (secondary N) is 1. The summed E-state index contributed by atoms with van der Waals surface area (Å²) in [5.41, 5.74) is 7.61. The summed E-state index contributed by atoms with van der Waals surface area (Å²) in [4.78, 5) is 13.3. The van der Waals surface area contributed by atoms with E-state index in [2.05, 4.69) is 60.6 Å². The van der Waals surface area contributed by atoms with Crippen LogP contribution in [0.5, 0.6) is 23.0 Å². The minimum absolute atomic E-state index is 0.132. The van der Waals surface area contributed by atoms with Gasteiger partial charge in [0.15, 0.2) is 11.5 Å². The predicted molar refractivity (Wildman–Crippen MR) is 219 cm³/mol. The molecule has 0 saturated heterocycles. The molecule has 7 heteroatoms. The Balaban J connectivity index is 0.000000336. The van der Waals surface area contributed by atoms with Crippen LogP contribution >= 0.6 is 0 Å². The van der Waals surface area contributed by atoms with Crippen molar-refractivity contribution in [2.75, 3.05) is 48.1 Å². The number of unbranched alkanes of at least 4 members (excludes halogenated alkanes) is 2. The molecule has 2 aliphatic rings. The summed E-state index contributed by atoms with van der Waals surface area (Å²) in [5, 5.41) is 3.46. The van der Waals surface area contributed by atoms with Crippen molar-refractivity contribution in [3.8, 4) is 34.1 Å².